The lowest BCUT2D eigenvalue weighted by Gasteiger charge is -2.24. The average Bonchev–Trinajstić information content (AvgIpc) is 3.30. The van der Waals surface area contributed by atoms with E-state index < -0.39 is 26.5 Å². The maximum Gasteiger partial charge on any atom is 0.472 e. The Morgan fingerprint density at radius 3 is 0.813 bits per heavy atom. The molecule has 2 unspecified atom stereocenters. The van der Waals surface area contributed by atoms with Gasteiger partial charge in [-0.15, -0.1) is 0 Å². The van der Waals surface area contributed by atoms with Crippen LogP contribution in [0.3, 0.4) is 0 Å². The van der Waals surface area contributed by atoms with Crippen molar-refractivity contribution in [3.8, 4) is 0 Å². The molecular formula is C81H161NO8P+. The number of esters is 2. The second-order valence-electron chi connectivity index (χ2n) is 29.5. The first-order valence-electron chi connectivity index (χ1n) is 40.9. The number of ether oxygens (including phenoxy) is 2. The van der Waals surface area contributed by atoms with Crippen LogP contribution in [0.25, 0.3) is 0 Å². The monoisotopic (exact) mass is 1310 g/mol. The van der Waals surface area contributed by atoms with Crippen molar-refractivity contribution >= 4 is 19.8 Å². The van der Waals surface area contributed by atoms with Crippen molar-refractivity contribution in [3.63, 3.8) is 0 Å². The van der Waals surface area contributed by atoms with Crippen LogP contribution in [0.15, 0.2) is 12.2 Å². The van der Waals surface area contributed by atoms with Crippen molar-refractivity contribution in [1.29, 1.82) is 0 Å². The summed E-state index contributed by atoms with van der Waals surface area (Å²) in [4.78, 5) is 36.0. The van der Waals surface area contributed by atoms with E-state index in [1.807, 2.05) is 21.1 Å². The molecule has 10 heteroatoms. The van der Waals surface area contributed by atoms with Gasteiger partial charge in [0.05, 0.1) is 27.7 Å². The second kappa shape index (κ2) is 73.0. The third kappa shape index (κ3) is 77.6. The van der Waals surface area contributed by atoms with E-state index in [9.17, 15) is 19.0 Å². The fourth-order valence-electron chi connectivity index (χ4n) is 12.8. The van der Waals surface area contributed by atoms with Crippen LogP contribution in [0.4, 0.5) is 0 Å². The fourth-order valence-corrected chi connectivity index (χ4v) is 13.5. The molecule has 0 heterocycles. The van der Waals surface area contributed by atoms with Gasteiger partial charge >= 0.3 is 19.8 Å². The molecule has 0 aliphatic heterocycles. The van der Waals surface area contributed by atoms with Gasteiger partial charge in [-0.25, -0.2) is 4.57 Å². The Morgan fingerprint density at radius 2 is 0.560 bits per heavy atom. The molecule has 0 radical (unpaired) electrons. The van der Waals surface area contributed by atoms with Crippen molar-refractivity contribution < 1.29 is 42.1 Å². The highest BCUT2D eigenvalue weighted by Gasteiger charge is 2.27. The molecular weight excluding hydrogens is 1150 g/mol. The summed E-state index contributed by atoms with van der Waals surface area (Å²) in [5.74, 6) is -0.767. The van der Waals surface area contributed by atoms with Gasteiger partial charge in [0.2, 0.25) is 0 Å². The quantitative estimate of drug-likeness (QED) is 0.0211. The van der Waals surface area contributed by atoms with Crippen LogP contribution in [-0.4, -0.2) is 74.9 Å². The van der Waals surface area contributed by atoms with E-state index in [0.29, 0.717) is 17.4 Å². The number of likely N-dealkylation sites (N-methyl/N-ethyl adjacent to an activating group) is 1. The van der Waals surface area contributed by atoms with Crippen LogP contribution in [0.5, 0.6) is 0 Å². The van der Waals surface area contributed by atoms with Gasteiger partial charge in [0.1, 0.15) is 19.8 Å². The lowest BCUT2D eigenvalue weighted by atomic mass is 10.0. The first-order chi connectivity index (χ1) is 44.5. The van der Waals surface area contributed by atoms with Crippen LogP contribution < -0.4 is 0 Å². The Balaban J connectivity index is 3.88. The number of nitrogens with zero attached hydrogens (tertiary/aromatic N) is 1. The highest BCUT2D eigenvalue weighted by atomic mass is 31.2. The standard InChI is InChI=1S/C81H160NO8P/c1-6-8-10-12-14-16-18-20-22-24-26-28-30-32-34-36-38-39-40-41-42-44-45-47-49-51-53-55-57-59-61-63-65-67-69-71-73-80(83)87-77-79(78-89-91(85,86)88-76-75-82(3,4)5)90-81(84)74-72-70-68-66-64-62-60-58-56-54-52-50-48-46-43-37-35-33-31-29-27-25-23-21-19-17-15-13-11-9-7-2/h25,27,79H,6-24,26,28-78H2,1-5H3/p+1/b27-25-. The molecule has 2 atom stereocenters. The predicted molar refractivity (Wildman–Crippen MR) is 395 cm³/mol. The number of quaternary nitrogens is 1. The highest BCUT2D eigenvalue weighted by molar-refractivity contribution is 7.47. The topological polar surface area (TPSA) is 108 Å². The van der Waals surface area contributed by atoms with E-state index in [4.69, 9.17) is 18.5 Å². The van der Waals surface area contributed by atoms with Gasteiger partial charge in [0, 0.05) is 12.8 Å². The smallest absolute Gasteiger partial charge is 0.462 e. The van der Waals surface area contributed by atoms with Gasteiger partial charge in [-0.2, -0.15) is 0 Å². The number of hydrogen-bond acceptors (Lipinski definition) is 7. The van der Waals surface area contributed by atoms with E-state index in [1.165, 1.54) is 379 Å². The van der Waals surface area contributed by atoms with Gasteiger partial charge in [-0.1, -0.05) is 405 Å². The number of unbranched alkanes of at least 4 members (excludes halogenated alkanes) is 62. The summed E-state index contributed by atoms with van der Waals surface area (Å²) in [6.45, 7) is 4.53. The van der Waals surface area contributed by atoms with Crippen molar-refractivity contribution in [2.45, 2.75) is 450 Å². The molecule has 0 spiro atoms. The molecule has 542 valence electrons. The SMILES string of the molecule is CCCCCCCCCC/C=C\CCCCCCCCCCCCCCCCCCCCCC(=O)OC(COC(=O)CCCCCCCCCCCCCCCCCCCCCCCCCCCCCCCCCCCCCC)COP(=O)(O)OCC[N+](C)(C)C. The van der Waals surface area contributed by atoms with Crippen molar-refractivity contribution in [3.05, 3.63) is 12.2 Å². The molecule has 0 bridgehead atoms. The van der Waals surface area contributed by atoms with Crippen LogP contribution in [-0.2, 0) is 32.7 Å². The van der Waals surface area contributed by atoms with Crippen LogP contribution >= 0.6 is 7.82 Å². The van der Waals surface area contributed by atoms with Crippen molar-refractivity contribution in [1.82, 2.24) is 0 Å². The van der Waals surface area contributed by atoms with E-state index >= 15 is 0 Å². The van der Waals surface area contributed by atoms with Gasteiger partial charge in [0.15, 0.2) is 6.10 Å². The van der Waals surface area contributed by atoms with Gasteiger partial charge in [-0.3, -0.25) is 18.6 Å². The maximum atomic E-state index is 12.9. The maximum absolute atomic E-state index is 12.9. The first-order valence-corrected chi connectivity index (χ1v) is 42.4. The van der Waals surface area contributed by atoms with Crippen LogP contribution in [0, 0.1) is 0 Å². The number of rotatable bonds is 78. The summed E-state index contributed by atoms with van der Waals surface area (Å²) in [5.41, 5.74) is 0. The number of carbonyl (C=O) groups is 2. The van der Waals surface area contributed by atoms with Crippen molar-refractivity contribution in [2.24, 2.45) is 0 Å². The lowest BCUT2D eigenvalue weighted by molar-refractivity contribution is -0.870. The minimum absolute atomic E-state index is 0.0368. The minimum atomic E-state index is -4.39. The Morgan fingerprint density at radius 1 is 0.330 bits per heavy atom. The zero-order valence-corrected chi connectivity index (χ0v) is 63.0. The van der Waals surface area contributed by atoms with E-state index in [2.05, 4.69) is 26.0 Å². The molecule has 1 N–H and O–H groups in total. The molecule has 9 nitrogen and oxygen atoms in total. The first kappa shape index (κ1) is 89.8. The summed E-state index contributed by atoms with van der Waals surface area (Å²) in [7, 11) is 1.51. The fraction of sp³-hybridized carbons (Fsp3) is 0.951. The number of phosphoric acid groups is 1. The zero-order chi connectivity index (χ0) is 66.2. The third-order valence-electron chi connectivity index (χ3n) is 19.0. The third-order valence-corrected chi connectivity index (χ3v) is 20.0. The van der Waals surface area contributed by atoms with Crippen LogP contribution in [0.2, 0.25) is 0 Å². The molecule has 0 saturated carbocycles. The molecule has 91 heavy (non-hydrogen) atoms. The Hall–Kier alpha value is -1.25. The number of carbonyl (C=O) groups excluding carboxylic acids is 2. The summed E-state index contributed by atoms with van der Waals surface area (Å²) in [6, 6.07) is 0. The highest BCUT2D eigenvalue weighted by Crippen LogP contribution is 2.43. The number of hydrogen-bond donors (Lipinski definition) is 1. The van der Waals surface area contributed by atoms with Gasteiger partial charge in [0.25, 0.3) is 0 Å². The van der Waals surface area contributed by atoms with Gasteiger partial charge < -0.3 is 18.9 Å². The number of allylic oxidation sites excluding steroid dienone is 2. The summed E-state index contributed by atoms with van der Waals surface area (Å²) < 4.78 is 34.8. The molecule has 0 aliphatic carbocycles. The normalized spacial score (nSPS) is 13.0. The lowest BCUT2D eigenvalue weighted by Crippen LogP contribution is -2.37. The predicted octanol–water partition coefficient (Wildman–Crippen LogP) is 27.0. The summed E-state index contributed by atoms with van der Waals surface area (Å²) >= 11 is 0. The average molecular weight is 1310 g/mol. The summed E-state index contributed by atoms with van der Waals surface area (Å²) in [5, 5.41) is 0. The molecule has 0 aliphatic rings. The van der Waals surface area contributed by atoms with E-state index in [-0.39, 0.29) is 25.6 Å². The second-order valence-corrected chi connectivity index (χ2v) is 31.0. The Kier molecular flexibility index (Phi) is 72.0. The summed E-state index contributed by atoms with van der Waals surface area (Å²) in [6.07, 6.45) is 92.4. The van der Waals surface area contributed by atoms with Crippen molar-refractivity contribution in [2.75, 3.05) is 47.5 Å². The molecule has 0 aromatic heterocycles. The Bertz CT molecular complexity index is 1540. The number of phosphoric ester groups is 1. The molecule has 0 amide bonds. The minimum Gasteiger partial charge on any atom is -0.462 e. The molecule has 0 saturated heterocycles. The molecule has 0 aromatic rings. The molecule has 0 fully saturated rings. The molecule has 0 rings (SSSR count). The largest absolute Gasteiger partial charge is 0.472 e. The van der Waals surface area contributed by atoms with E-state index in [1.54, 1.807) is 0 Å². The Labute approximate surface area is 568 Å². The van der Waals surface area contributed by atoms with E-state index in [0.717, 1.165) is 38.5 Å². The molecule has 0 aromatic carbocycles. The zero-order valence-electron chi connectivity index (χ0n) is 62.1. The van der Waals surface area contributed by atoms with Gasteiger partial charge in [-0.05, 0) is 38.5 Å². The van der Waals surface area contributed by atoms with Crippen LogP contribution in [0.1, 0.15) is 444 Å².